The van der Waals surface area contributed by atoms with Crippen LogP contribution in [-0.4, -0.2) is 24.1 Å². The molecule has 7 aliphatic rings. The molecule has 2 atom stereocenters. The van der Waals surface area contributed by atoms with E-state index in [0.29, 0.717) is 11.8 Å². The lowest BCUT2D eigenvalue weighted by atomic mass is 9.29. The van der Waals surface area contributed by atoms with E-state index < -0.39 is 0 Å². The van der Waals surface area contributed by atoms with Crippen LogP contribution in [0.15, 0.2) is 147 Å². The molecule has 3 aliphatic carbocycles. The molecular formula is C54H45B2NO2S2. The van der Waals surface area contributed by atoms with Crippen molar-refractivity contribution in [2.45, 2.75) is 102 Å². The molecule has 3 nitrogen and oxygen atoms in total. The van der Waals surface area contributed by atoms with E-state index in [9.17, 15) is 0 Å². The molecular weight excluding hydrogens is 780 g/mol. The van der Waals surface area contributed by atoms with Gasteiger partial charge in [-0.15, -0.1) is 0 Å². The Kier molecular flexibility index (Phi) is 7.89. The Hall–Kier alpha value is -4.97. The van der Waals surface area contributed by atoms with Gasteiger partial charge in [0.2, 0.25) is 6.71 Å². The van der Waals surface area contributed by atoms with Crippen LogP contribution >= 0.6 is 23.5 Å². The van der Waals surface area contributed by atoms with Gasteiger partial charge in [0.15, 0.2) is 0 Å². The number of para-hydroxylation sites is 2. The van der Waals surface area contributed by atoms with Gasteiger partial charge < -0.3 is 14.0 Å². The number of hydrogen-bond acceptors (Lipinski definition) is 4. The van der Waals surface area contributed by atoms with Crippen LogP contribution in [0.5, 0.6) is 17.2 Å². The van der Waals surface area contributed by atoms with Gasteiger partial charge in [-0.3, -0.25) is 0 Å². The number of hydrogen-bond donors (Lipinski definition) is 0. The Labute approximate surface area is 367 Å². The van der Waals surface area contributed by atoms with Gasteiger partial charge in [-0.2, -0.15) is 0 Å². The van der Waals surface area contributed by atoms with Crippen molar-refractivity contribution in [2.24, 2.45) is 5.92 Å². The fraction of sp³-hybridized carbons (Fsp3) is 0.259. The second-order valence-electron chi connectivity index (χ2n) is 18.7. The predicted octanol–water partition coefficient (Wildman–Crippen LogP) is 11.0. The third-order valence-electron chi connectivity index (χ3n) is 15.4. The number of aromatic nitrogens is 1. The highest BCUT2D eigenvalue weighted by molar-refractivity contribution is 8.01. The van der Waals surface area contributed by atoms with E-state index in [1.54, 1.807) is 0 Å². The first kappa shape index (κ1) is 35.6. The normalized spacial score (nSPS) is 20.7. The first-order valence-electron chi connectivity index (χ1n) is 22.9. The van der Waals surface area contributed by atoms with Crippen molar-refractivity contribution in [3.05, 3.63) is 138 Å². The van der Waals surface area contributed by atoms with Gasteiger partial charge in [0.25, 0.3) is 6.71 Å². The zero-order chi connectivity index (χ0) is 39.9. The lowest BCUT2D eigenvalue weighted by Gasteiger charge is -2.42. The molecule has 7 heteroatoms. The number of rotatable bonds is 4. The maximum Gasteiger partial charge on any atom is 0.253 e. The van der Waals surface area contributed by atoms with Crippen LogP contribution in [0.1, 0.15) is 75.3 Å². The molecule has 61 heavy (non-hydrogen) atoms. The highest BCUT2D eigenvalue weighted by Gasteiger charge is 2.48. The van der Waals surface area contributed by atoms with Gasteiger partial charge in [0.1, 0.15) is 23.4 Å². The van der Waals surface area contributed by atoms with Crippen molar-refractivity contribution in [3.63, 3.8) is 0 Å². The predicted molar refractivity (Wildman–Crippen MR) is 256 cm³/mol. The zero-order valence-corrected chi connectivity index (χ0v) is 36.1. The zero-order valence-electron chi connectivity index (χ0n) is 34.5. The van der Waals surface area contributed by atoms with Gasteiger partial charge in [0.05, 0.1) is 16.7 Å². The standard InChI is InChI=1S/C54H45B2NO2S2/c1-2-31-23-47-53-51(24-31)60-49-30-50-42(29-41(49)55(53)39-21-19-34(25-45(39)58-47)32-11-3-4-12-32)56-40-22-20-35(33-13-5-6-14-33)26-46(40)59-48-27-36(28-52(61-50)54(48)56)57-43-17-9-7-15-37(43)38-16-8-10-18-44(38)57/h7-10,15-30,32-33,40,46H,2-6,11-14H2,1H3. The second-order valence-corrected chi connectivity index (χ2v) is 20.8. The lowest BCUT2D eigenvalue weighted by Crippen LogP contribution is -2.61. The average molecular weight is 826 g/mol. The van der Waals surface area contributed by atoms with Crippen LogP contribution < -0.4 is 36.8 Å². The van der Waals surface area contributed by atoms with E-state index in [-0.39, 0.29) is 25.3 Å². The van der Waals surface area contributed by atoms with Crippen molar-refractivity contribution in [3.8, 4) is 22.9 Å². The molecule has 14 rings (SSSR count). The molecule has 2 unspecified atom stereocenters. The summed E-state index contributed by atoms with van der Waals surface area (Å²) in [5.41, 5.74) is 14.8. The highest BCUT2D eigenvalue weighted by Crippen LogP contribution is 2.48. The molecule has 0 saturated heterocycles. The van der Waals surface area contributed by atoms with E-state index in [0.717, 1.165) is 23.7 Å². The Bertz CT molecular complexity index is 3050. The fourth-order valence-electron chi connectivity index (χ4n) is 12.5. The molecule has 0 spiro atoms. The number of aryl methyl sites for hydroxylation is 1. The van der Waals surface area contributed by atoms with Gasteiger partial charge >= 0.3 is 0 Å². The molecule has 5 heterocycles. The van der Waals surface area contributed by atoms with Gasteiger partial charge in [-0.05, 0) is 126 Å². The van der Waals surface area contributed by atoms with Crippen LogP contribution in [0.25, 0.3) is 27.5 Å². The topological polar surface area (TPSA) is 23.4 Å². The molecule has 4 aliphatic heterocycles. The van der Waals surface area contributed by atoms with Crippen molar-refractivity contribution in [1.29, 1.82) is 0 Å². The van der Waals surface area contributed by atoms with Crippen LogP contribution in [0.4, 0.5) is 0 Å². The second kappa shape index (κ2) is 13.5. The number of benzene rings is 6. The van der Waals surface area contributed by atoms with E-state index in [1.165, 1.54) is 142 Å². The molecule has 2 saturated carbocycles. The summed E-state index contributed by atoms with van der Waals surface area (Å²) in [7, 11) is 0. The first-order chi connectivity index (χ1) is 30.1. The SMILES string of the molecule is CCc1cc2c3c(c1)Sc1cc4c(cc1B3c1ccc(C3CCCC3)cc1O2)B1c2c(cc(-n3c5ccccc5c5ccccc53)cc2S4)OC2C=C(C3CCCC3)C=CC12. The molecule has 0 radical (unpaired) electrons. The smallest absolute Gasteiger partial charge is 0.253 e. The van der Waals surface area contributed by atoms with Crippen molar-refractivity contribution >= 4 is 86.1 Å². The maximum atomic E-state index is 7.32. The summed E-state index contributed by atoms with van der Waals surface area (Å²) in [5, 5.41) is 2.57. The third kappa shape index (κ3) is 5.29. The Balaban J connectivity index is 0.966. The van der Waals surface area contributed by atoms with Gasteiger partial charge in [0, 0.05) is 42.2 Å². The van der Waals surface area contributed by atoms with Crippen molar-refractivity contribution in [1.82, 2.24) is 4.57 Å². The van der Waals surface area contributed by atoms with Gasteiger partial charge in [-0.1, -0.05) is 134 Å². The maximum absolute atomic E-state index is 7.32. The van der Waals surface area contributed by atoms with Gasteiger partial charge in [-0.25, -0.2) is 0 Å². The molecule has 6 aromatic carbocycles. The molecule has 0 N–H and O–H groups in total. The Morgan fingerprint density at radius 1 is 0.639 bits per heavy atom. The van der Waals surface area contributed by atoms with E-state index in [4.69, 9.17) is 9.47 Å². The lowest BCUT2D eigenvalue weighted by molar-refractivity contribution is 0.244. The monoisotopic (exact) mass is 825 g/mol. The van der Waals surface area contributed by atoms with Crippen molar-refractivity contribution in [2.75, 3.05) is 0 Å². The van der Waals surface area contributed by atoms with Crippen LogP contribution in [0.2, 0.25) is 5.82 Å². The largest absolute Gasteiger partial charge is 0.487 e. The summed E-state index contributed by atoms with van der Waals surface area (Å²) < 4.78 is 16.8. The van der Waals surface area contributed by atoms with E-state index in [1.807, 2.05) is 23.5 Å². The molecule has 7 aromatic rings. The fourth-order valence-corrected chi connectivity index (χ4v) is 15.1. The summed E-state index contributed by atoms with van der Waals surface area (Å²) >= 11 is 3.90. The molecule has 0 amide bonds. The third-order valence-corrected chi connectivity index (χ3v) is 17.7. The summed E-state index contributed by atoms with van der Waals surface area (Å²) in [6.45, 7) is 2.59. The highest BCUT2D eigenvalue weighted by atomic mass is 32.2. The van der Waals surface area contributed by atoms with Crippen molar-refractivity contribution < 1.29 is 9.47 Å². The number of fused-ring (bicyclic) bond motifs is 11. The van der Waals surface area contributed by atoms with Crippen LogP contribution in [0.3, 0.4) is 0 Å². The van der Waals surface area contributed by atoms with E-state index >= 15 is 0 Å². The number of ether oxygens (including phenoxy) is 2. The molecule has 2 fully saturated rings. The summed E-state index contributed by atoms with van der Waals surface area (Å²) in [6, 6.07) is 39.8. The number of nitrogens with zero attached hydrogens (tertiary/aromatic N) is 1. The minimum atomic E-state index is -0.0154. The van der Waals surface area contributed by atoms with E-state index in [2.05, 4.69) is 133 Å². The molecule has 1 aromatic heterocycles. The molecule has 296 valence electrons. The minimum absolute atomic E-state index is 0.0154. The summed E-state index contributed by atoms with van der Waals surface area (Å²) in [5.74, 6) is 4.65. The summed E-state index contributed by atoms with van der Waals surface area (Å²) in [4.78, 5) is 5.43. The Morgan fingerprint density at radius 2 is 1.36 bits per heavy atom. The quantitative estimate of drug-likeness (QED) is 0.165. The summed E-state index contributed by atoms with van der Waals surface area (Å²) in [6.07, 6.45) is 19.0. The van der Waals surface area contributed by atoms with Crippen LogP contribution in [-0.2, 0) is 6.42 Å². The van der Waals surface area contributed by atoms with Crippen LogP contribution in [0, 0.1) is 5.92 Å². The minimum Gasteiger partial charge on any atom is -0.487 e. The number of allylic oxidation sites excluding steroid dienone is 2. The Morgan fingerprint density at radius 3 is 2.13 bits per heavy atom. The average Bonchev–Trinajstić information content (AvgIpc) is 4.10. The molecule has 0 bridgehead atoms. The first-order valence-corrected chi connectivity index (χ1v) is 24.5.